The second kappa shape index (κ2) is 6.83. The number of esters is 1. The minimum Gasteiger partial charge on any atom is -0.469 e. The van der Waals surface area contributed by atoms with Gasteiger partial charge in [0.2, 0.25) is 0 Å². The average molecular weight is 351 g/mol. The third kappa shape index (κ3) is 3.05. The monoisotopic (exact) mass is 351 g/mol. The molecule has 134 valence electrons. The smallest absolute Gasteiger partial charge is 0.354 e. The first-order valence-electron chi connectivity index (χ1n) is 8.88. The molecule has 1 fully saturated rings. The van der Waals surface area contributed by atoms with Gasteiger partial charge < -0.3 is 14.5 Å². The quantitative estimate of drug-likeness (QED) is 0.856. The molecule has 0 radical (unpaired) electrons. The van der Waals surface area contributed by atoms with Gasteiger partial charge in [0.05, 0.1) is 12.2 Å². The normalized spacial score (nSPS) is 25.0. The molecule has 3 atom stereocenters. The number of Topliss-reactive ketones (excluding diaryl/α,β-unsaturated/α-hetero) is 1. The van der Waals surface area contributed by atoms with Crippen molar-refractivity contribution in [1.82, 2.24) is 5.32 Å². The fourth-order valence-corrected chi connectivity index (χ4v) is 4.02. The maximum absolute atomic E-state index is 12.7. The summed E-state index contributed by atoms with van der Waals surface area (Å²) in [6, 6.07) is 13.2. The molecule has 1 saturated carbocycles. The molecular formula is C21H21NO4. The number of nitrogens with one attached hydrogen (secondary N) is 1. The van der Waals surface area contributed by atoms with Gasteiger partial charge in [0.1, 0.15) is 23.8 Å². The first kappa shape index (κ1) is 16.6. The Hall–Kier alpha value is -2.82. The number of carbonyl (C=O) groups excluding carboxylic acids is 2. The van der Waals surface area contributed by atoms with Crippen molar-refractivity contribution in [1.29, 1.82) is 0 Å². The standard InChI is InChI=1S/C21H21NO4/c1-13-19-16(10-15(11-17(19)23)18-8-5-9-25-18)22-20(13)21(24)26-12-14-6-3-2-4-7-14/h2-9,15-16,19,22H,10-12H2,1H3. The van der Waals surface area contributed by atoms with Crippen LogP contribution in [0.1, 0.15) is 37.0 Å². The van der Waals surface area contributed by atoms with E-state index >= 15 is 0 Å². The van der Waals surface area contributed by atoms with Gasteiger partial charge in [0.15, 0.2) is 0 Å². The Bertz CT molecular complexity index is 838. The van der Waals surface area contributed by atoms with Crippen molar-refractivity contribution in [2.24, 2.45) is 5.92 Å². The first-order chi connectivity index (χ1) is 12.6. The van der Waals surface area contributed by atoms with Crippen LogP contribution in [0.25, 0.3) is 0 Å². The lowest BCUT2D eigenvalue weighted by atomic mass is 9.75. The molecule has 5 heteroatoms. The Kier molecular flexibility index (Phi) is 4.37. The van der Waals surface area contributed by atoms with Gasteiger partial charge in [0.25, 0.3) is 0 Å². The van der Waals surface area contributed by atoms with Gasteiger partial charge in [-0.05, 0) is 36.6 Å². The highest BCUT2D eigenvalue weighted by molar-refractivity contribution is 5.94. The number of benzene rings is 1. The highest BCUT2D eigenvalue weighted by Gasteiger charge is 2.45. The Balaban J connectivity index is 1.45. The van der Waals surface area contributed by atoms with Gasteiger partial charge in [-0.1, -0.05) is 30.3 Å². The lowest BCUT2D eigenvalue weighted by Gasteiger charge is -2.30. The van der Waals surface area contributed by atoms with Crippen LogP contribution in [-0.2, 0) is 20.9 Å². The van der Waals surface area contributed by atoms with Crippen molar-refractivity contribution < 1.29 is 18.7 Å². The van der Waals surface area contributed by atoms with Crippen molar-refractivity contribution in [3.05, 3.63) is 71.3 Å². The van der Waals surface area contributed by atoms with E-state index in [2.05, 4.69) is 5.32 Å². The highest BCUT2D eigenvalue weighted by atomic mass is 16.5. The number of rotatable bonds is 4. The highest BCUT2D eigenvalue weighted by Crippen LogP contribution is 2.41. The number of ether oxygens (including phenoxy) is 1. The number of hydrogen-bond donors (Lipinski definition) is 1. The van der Waals surface area contributed by atoms with Crippen molar-refractivity contribution >= 4 is 11.8 Å². The fourth-order valence-electron chi connectivity index (χ4n) is 4.02. The molecule has 3 unspecified atom stereocenters. The summed E-state index contributed by atoms with van der Waals surface area (Å²) >= 11 is 0. The maximum Gasteiger partial charge on any atom is 0.354 e. The topological polar surface area (TPSA) is 68.5 Å². The van der Waals surface area contributed by atoms with Crippen molar-refractivity contribution in [2.75, 3.05) is 0 Å². The summed E-state index contributed by atoms with van der Waals surface area (Å²) in [5.74, 6) is 0.386. The molecular weight excluding hydrogens is 330 g/mol. The number of carbonyl (C=O) groups is 2. The van der Waals surface area contributed by atoms with E-state index in [1.165, 1.54) is 0 Å². The van der Waals surface area contributed by atoms with Crippen LogP contribution in [0.5, 0.6) is 0 Å². The largest absolute Gasteiger partial charge is 0.469 e. The minimum atomic E-state index is -0.400. The third-order valence-corrected chi connectivity index (χ3v) is 5.29. The molecule has 0 bridgehead atoms. The van der Waals surface area contributed by atoms with Crippen molar-refractivity contribution in [3.63, 3.8) is 0 Å². The molecule has 0 saturated heterocycles. The van der Waals surface area contributed by atoms with Crippen LogP contribution in [0.3, 0.4) is 0 Å². The molecule has 1 aromatic carbocycles. The summed E-state index contributed by atoms with van der Waals surface area (Å²) < 4.78 is 10.9. The minimum absolute atomic E-state index is 0.0544. The third-order valence-electron chi connectivity index (χ3n) is 5.29. The molecule has 5 nitrogen and oxygen atoms in total. The van der Waals surface area contributed by atoms with Crippen LogP contribution in [0.2, 0.25) is 0 Å². The average Bonchev–Trinajstić information content (AvgIpc) is 3.29. The fraction of sp³-hybridized carbons (Fsp3) is 0.333. The Morgan fingerprint density at radius 2 is 2.04 bits per heavy atom. The zero-order valence-corrected chi connectivity index (χ0v) is 14.6. The summed E-state index contributed by atoms with van der Waals surface area (Å²) in [5.41, 5.74) is 2.16. The second-order valence-corrected chi connectivity index (χ2v) is 6.97. The van der Waals surface area contributed by atoms with E-state index in [4.69, 9.17) is 9.15 Å². The van der Waals surface area contributed by atoms with Gasteiger partial charge in [-0.3, -0.25) is 4.79 Å². The molecule has 1 aromatic heterocycles. The zero-order chi connectivity index (χ0) is 18.1. The van der Waals surface area contributed by atoms with Gasteiger partial charge in [-0.15, -0.1) is 0 Å². The number of furan rings is 1. The lowest BCUT2D eigenvalue weighted by Crippen LogP contribution is -2.40. The predicted octanol–water partition coefficient (Wildman–Crippen LogP) is 3.33. The van der Waals surface area contributed by atoms with E-state index in [0.29, 0.717) is 12.1 Å². The van der Waals surface area contributed by atoms with Crippen LogP contribution in [-0.4, -0.2) is 17.8 Å². The molecule has 2 aliphatic rings. The van der Waals surface area contributed by atoms with E-state index in [1.54, 1.807) is 6.26 Å². The summed E-state index contributed by atoms with van der Waals surface area (Å²) in [4.78, 5) is 25.2. The number of hydrogen-bond acceptors (Lipinski definition) is 5. The Morgan fingerprint density at radius 3 is 2.77 bits per heavy atom. The summed E-state index contributed by atoms with van der Waals surface area (Å²) in [6.45, 7) is 2.07. The summed E-state index contributed by atoms with van der Waals surface area (Å²) in [6.07, 6.45) is 2.83. The SMILES string of the molecule is CC1=C(C(=O)OCc2ccccc2)NC2CC(c3ccco3)CC(=O)C12. The molecule has 2 aromatic rings. The molecule has 26 heavy (non-hydrogen) atoms. The van der Waals surface area contributed by atoms with E-state index in [1.807, 2.05) is 49.4 Å². The van der Waals surface area contributed by atoms with Crippen LogP contribution in [0.15, 0.2) is 64.4 Å². The Labute approximate surface area is 152 Å². The first-order valence-corrected chi connectivity index (χ1v) is 8.88. The molecule has 1 N–H and O–H groups in total. The van der Waals surface area contributed by atoms with Crippen LogP contribution in [0.4, 0.5) is 0 Å². The number of ketones is 1. The zero-order valence-electron chi connectivity index (χ0n) is 14.6. The lowest BCUT2D eigenvalue weighted by molar-refractivity contribution is -0.140. The molecule has 1 aliphatic heterocycles. The van der Waals surface area contributed by atoms with Crippen LogP contribution in [0, 0.1) is 5.92 Å². The van der Waals surface area contributed by atoms with E-state index in [-0.39, 0.29) is 30.3 Å². The van der Waals surface area contributed by atoms with Gasteiger partial charge >= 0.3 is 5.97 Å². The second-order valence-electron chi connectivity index (χ2n) is 6.97. The molecule has 1 aliphatic carbocycles. The predicted molar refractivity (Wildman–Crippen MR) is 95.0 cm³/mol. The van der Waals surface area contributed by atoms with Gasteiger partial charge in [-0.2, -0.15) is 0 Å². The van der Waals surface area contributed by atoms with E-state index < -0.39 is 5.97 Å². The maximum atomic E-state index is 12.7. The van der Waals surface area contributed by atoms with Gasteiger partial charge in [0, 0.05) is 18.4 Å². The van der Waals surface area contributed by atoms with E-state index in [9.17, 15) is 9.59 Å². The summed E-state index contributed by atoms with van der Waals surface area (Å²) in [7, 11) is 0. The van der Waals surface area contributed by atoms with Crippen LogP contribution < -0.4 is 5.32 Å². The molecule has 2 heterocycles. The molecule has 4 rings (SSSR count). The number of fused-ring (bicyclic) bond motifs is 1. The van der Waals surface area contributed by atoms with Gasteiger partial charge in [-0.25, -0.2) is 4.79 Å². The van der Waals surface area contributed by atoms with E-state index in [0.717, 1.165) is 23.3 Å². The Morgan fingerprint density at radius 1 is 1.23 bits per heavy atom. The van der Waals surface area contributed by atoms with Crippen LogP contribution >= 0.6 is 0 Å². The van der Waals surface area contributed by atoms with Crippen molar-refractivity contribution in [2.45, 2.75) is 38.3 Å². The van der Waals surface area contributed by atoms with Crippen molar-refractivity contribution in [3.8, 4) is 0 Å². The molecule has 0 amide bonds. The summed E-state index contributed by atoms with van der Waals surface area (Å²) in [5, 5.41) is 3.24. The molecule has 0 spiro atoms.